The molecule has 0 aliphatic carbocycles. The average Bonchev–Trinajstić information content (AvgIpc) is 2.44. The molecular weight excluding hydrogens is 264 g/mol. The van der Waals surface area contributed by atoms with Gasteiger partial charge in [-0.15, -0.1) is 0 Å². The van der Waals surface area contributed by atoms with Gasteiger partial charge in [0.15, 0.2) is 0 Å². The third kappa shape index (κ3) is 2.36. The molecule has 1 fully saturated rings. The van der Waals surface area contributed by atoms with Crippen LogP contribution < -0.4 is 5.32 Å². The van der Waals surface area contributed by atoms with E-state index in [2.05, 4.69) is 5.32 Å². The lowest BCUT2D eigenvalue weighted by molar-refractivity contribution is -0.152. The molecule has 2 amide bonds. The van der Waals surface area contributed by atoms with Gasteiger partial charge in [0, 0.05) is 12.1 Å². The van der Waals surface area contributed by atoms with Gasteiger partial charge in [0.2, 0.25) is 5.91 Å². The van der Waals surface area contributed by atoms with Crippen molar-refractivity contribution < 1.29 is 9.59 Å². The summed E-state index contributed by atoms with van der Waals surface area (Å²) in [5.41, 5.74) is 1.13. The van der Waals surface area contributed by atoms with Crippen LogP contribution in [-0.4, -0.2) is 29.8 Å². The minimum atomic E-state index is -1.01. The molecule has 1 saturated heterocycles. The molecule has 1 aromatic rings. The smallest absolute Gasteiger partial charge is 0.250 e. The van der Waals surface area contributed by atoms with Crippen LogP contribution in [0.3, 0.4) is 0 Å². The molecular formula is C14H15ClN2O2. The fraction of sp³-hybridized carbons (Fsp3) is 0.286. The van der Waals surface area contributed by atoms with E-state index in [0.29, 0.717) is 6.54 Å². The number of rotatable bonds is 3. The summed E-state index contributed by atoms with van der Waals surface area (Å²) in [4.78, 5) is 25.9. The highest BCUT2D eigenvalue weighted by Gasteiger charge is 2.46. The van der Waals surface area contributed by atoms with Crippen molar-refractivity contribution in [1.29, 1.82) is 0 Å². The fourth-order valence-electron chi connectivity index (χ4n) is 2.27. The Kier molecular flexibility index (Phi) is 3.90. The van der Waals surface area contributed by atoms with Crippen molar-refractivity contribution in [2.24, 2.45) is 0 Å². The van der Waals surface area contributed by atoms with Gasteiger partial charge < -0.3 is 10.2 Å². The fourth-order valence-corrected chi connectivity index (χ4v) is 2.35. The molecule has 0 aromatic heterocycles. The van der Waals surface area contributed by atoms with E-state index in [0.717, 1.165) is 5.56 Å². The number of amides is 2. The van der Waals surface area contributed by atoms with E-state index in [9.17, 15) is 9.59 Å². The van der Waals surface area contributed by atoms with Crippen LogP contribution in [0, 0.1) is 0 Å². The molecule has 1 aliphatic rings. The third-order valence-corrected chi connectivity index (χ3v) is 3.57. The van der Waals surface area contributed by atoms with Crippen molar-refractivity contribution in [3.05, 3.63) is 47.5 Å². The number of benzene rings is 1. The van der Waals surface area contributed by atoms with Crippen LogP contribution in [0.5, 0.6) is 0 Å². The van der Waals surface area contributed by atoms with Crippen molar-refractivity contribution in [2.75, 3.05) is 13.1 Å². The van der Waals surface area contributed by atoms with Crippen molar-refractivity contribution in [1.82, 2.24) is 10.2 Å². The molecule has 1 heterocycles. The first-order valence-corrected chi connectivity index (χ1v) is 6.44. The lowest BCUT2D eigenvalue weighted by atomic mass is 9.87. The normalized spacial score (nSPS) is 23.8. The molecule has 0 spiro atoms. The predicted molar refractivity (Wildman–Crippen MR) is 73.5 cm³/mol. The van der Waals surface area contributed by atoms with Gasteiger partial charge in [-0.25, -0.2) is 0 Å². The van der Waals surface area contributed by atoms with Gasteiger partial charge >= 0.3 is 0 Å². The highest BCUT2D eigenvalue weighted by Crippen LogP contribution is 2.30. The number of halogens is 1. The minimum absolute atomic E-state index is 0.0252. The predicted octanol–water partition coefficient (Wildman–Crippen LogP) is 1.61. The van der Waals surface area contributed by atoms with E-state index in [4.69, 9.17) is 11.6 Å². The first kappa shape index (κ1) is 13.6. The standard InChI is InChI=1S/C14H15ClN2O2/c1-14(11-6-3-2-4-7-11)13(19)16-10-12(18)17(14)9-5-8-15/h2-8H,9-10H2,1H3,(H,16,19)/b8-5+. The lowest BCUT2D eigenvalue weighted by Crippen LogP contribution is -2.63. The van der Waals surface area contributed by atoms with Crippen molar-refractivity contribution in [2.45, 2.75) is 12.5 Å². The van der Waals surface area contributed by atoms with Gasteiger partial charge in [-0.2, -0.15) is 0 Å². The van der Waals surface area contributed by atoms with Crippen LogP contribution in [0.4, 0.5) is 0 Å². The van der Waals surface area contributed by atoms with Gasteiger partial charge in [0.1, 0.15) is 5.54 Å². The molecule has 5 heteroatoms. The van der Waals surface area contributed by atoms with Crippen molar-refractivity contribution >= 4 is 23.4 Å². The average molecular weight is 279 g/mol. The van der Waals surface area contributed by atoms with E-state index < -0.39 is 5.54 Å². The van der Waals surface area contributed by atoms with Gasteiger partial charge in [-0.3, -0.25) is 9.59 Å². The summed E-state index contributed by atoms with van der Waals surface area (Å²) in [7, 11) is 0. The van der Waals surface area contributed by atoms with Crippen LogP contribution in [0.25, 0.3) is 0 Å². The van der Waals surface area contributed by atoms with Gasteiger partial charge in [0.05, 0.1) is 6.54 Å². The first-order chi connectivity index (χ1) is 9.10. The Balaban J connectivity index is 2.46. The van der Waals surface area contributed by atoms with E-state index in [-0.39, 0.29) is 18.4 Å². The van der Waals surface area contributed by atoms with Gasteiger partial charge in [0.25, 0.3) is 5.91 Å². The first-order valence-electron chi connectivity index (χ1n) is 6.00. The molecule has 1 atom stereocenters. The number of nitrogens with zero attached hydrogens (tertiary/aromatic N) is 1. The maximum atomic E-state index is 12.3. The van der Waals surface area contributed by atoms with Crippen LogP contribution >= 0.6 is 11.6 Å². The van der Waals surface area contributed by atoms with E-state index in [1.807, 2.05) is 30.3 Å². The van der Waals surface area contributed by atoms with Crippen molar-refractivity contribution in [3.63, 3.8) is 0 Å². The molecule has 1 aromatic carbocycles. The topological polar surface area (TPSA) is 49.4 Å². The van der Waals surface area contributed by atoms with E-state index >= 15 is 0 Å². The molecule has 4 nitrogen and oxygen atoms in total. The Bertz CT molecular complexity index is 515. The molecule has 0 radical (unpaired) electrons. The summed E-state index contributed by atoms with van der Waals surface area (Å²) in [6.45, 7) is 2.08. The number of piperazine rings is 1. The summed E-state index contributed by atoms with van der Waals surface area (Å²) in [6, 6.07) is 9.26. The highest BCUT2D eigenvalue weighted by atomic mass is 35.5. The summed E-state index contributed by atoms with van der Waals surface area (Å²) < 4.78 is 0. The summed E-state index contributed by atoms with van der Waals surface area (Å²) >= 11 is 5.52. The highest BCUT2D eigenvalue weighted by molar-refractivity contribution is 6.25. The monoisotopic (exact) mass is 278 g/mol. The molecule has 0 saturated carbocycles. The number of hydrogen-bond acceptors (Lipinski definition) is 2. The molecule has 1 unspecified atom stereocenters. The molecule has 0 bridgehead atoms. The number of nitrogens with one attached hydrogen (secondary N) is 1. The zero-order chi connectivity index (χ0) is 13.9. The molecule has 100 valence electrons. The maximum Gasteiger partial charge on any atom is 0.250 e. The van der Waals surface area contributed by atoms with Crippen molar-refractivity contribution in [3.8, 4) is 0 Å². The van der Waals surface area contributed by atoms with Crippen LogP contribution in [0.1, 0.15) is 12.5 Å². The second-order valence-corrected chi connectivity index (χ2v) is 4.74. The zero-order valence-corrected chi connectivity index (χ0v) is 11.4. The molecule has 1 N–H and O–H groups in total. The second kappa shape index (κ2) is 5.45. The largest absolute Gasteiger partial charge is 0.345 e. The number of carbonyl (C=O) groups excluding carboxylic acids is 2. The summed E-state index contributed by atoms with van der Waals surface area (Å²) in [6.07, 6.45) is 1.65. The van der Waals surface area contributed by atoms with Gasteiger partial charge in [-0.1, -0.05) is 48.0 Å². The Hall–Kier alpha value is -1.81. The molecule has 1 aliphatic heterocycles. The third-order valence-electron chi connectivity index (χ3n) is 3.40. The number of carbonyl (C=O) groups is 2. The Morgan fingerprint density at radius 2 is 2.05 bits per heavy atom. The van der Waals surface area contributed by atoms with Crippen LogP contribution in [-0.2, 0) is 15.1 Å². The van der Waals surface area contributed by atoms with Crippen LogP contribution in [0.2, 0.25) is 0 Å². The Morgan fingerprint density at radius 1 is 1.37 bits per heavy atom. The molecule has 19 heavy (non-hydrogen) atoms. The minimum Gasteiger partial charge on any atom is -0.345 e. The second-order valence-electron chi connectivity index (χ2n) is 4.49. The van der Waals surface area contributed by atoms with E-state index in [1.54, 1.807) is 17.9 Å². The SMILES string of the molecule is CC1(c2ccccc2)C(=O)NCC(=O)N1C/C=C/Cl. The Morgan fingerprint density at radius 3 is 2.68 bits per heavy atom. The van der Waals surface area contributed by atoms with Gasteiger partial charge in [-0.05, 0) is 12.5 Å². The zero-order valence-electron chi connectivity index (χ0n) is 10.6. The quantitative estimate of drug-likeness (QED) is 0.913. The van der Waals surface area contributed by atoms with Crippen LogP contribution in [0.15, 0.2) is 41.9 Å². The lowest BCUT2D eigenvalue weighted by Gasteiger charge is -2.43. The maximum absolute atomic E-state index is 12.3. The number of hydrogen-bond donors (Lipinski definition) is 1. The van der Waals surface area contributed by atoms with E-state index in [1.165, 1.54) is 5.54 Å². The summed E-state index contributed by atoms with van der Waals surface area (Å²) in [5, 5.41) is 2.64. The molecule has 2 rings (SSSR count). The summed E-state index contributed by atoms with van der Waals surface area (Å²) in [5.74, 6) is -0.304. The Labute approximate surface area is 117 Å².